The first-order valence-electron chi connectivity index (χ1n) is 42.4. The molecule has 0 saturated heterocycles. The van der Waals surface area contributed by atoms with Crippen molar-refractivity contribution in [2.45, 2.75) is 141 Å². The quantitative estimate of drug-likeness (QED) is 0.0272. The molecule has 0 fully saturated rings. The number of aliphatic hydroxyl groups is 1. The molecule has 35 heteroatoms. The predicted octanol–water partition coefficient (Wildman–Crippen LogP) is 17.9. The van der Waals surface area contributed by atoms with E-state index in [0.29, 0.717) is 59.9 Å². The Bertz CT molecular complexity index is 7060. The van der Waals surface area contributed by atoms with Gasteiger partial charge in [0, 0.05) is 80.5 Å². The number of carbonyl (C=O) groups is 1. The fraction of sp³-hybridized carbons (Fsp3) is 0.225. The van der Waals surface area contributed by atoms with Gasteiger partial charge in [0.25, 0.3) is 11.1 Å². The Kier molecular flexibility index (Phi) is 42.9. The fourth-order valence-corrected chi connectivity index (χ4v) is 20.8. The Hall–Kier alpha value is -13.2. The number of hydrogen-bond acceptors (Lipinski definition) is 25. The summed E-state index contributed by atoms with van der Waals surface area (Å²) in [5, 5.41) is 43.5. The zero-order valence-corrected chi connectivity index (χ0v) is 82.7. The highest BCUT2D eigenvalue weighted by Gasteiger charge is 2.32. The number of nitrogens with one attached hydrogen (secondary N) is 1. The third-order valence-electron chi connectivity index (χ3n) is 20.7. The average Bonchev–Trinajstić information content (AvgIpc) is 0.790. The van der Waals surface area contributed by atoms with E-state index in [4.69, 9.17) is 22.4 Å². The van der Waals surface area contributed by atoms with Gasteiger partial charge in [0.05, 0.1) is 70.7 Å². The van der Waals surface area contributed by atoms with E-state index in [2.05, 4.69) is 34.3 Å². The van der Waals surface area contributed by atoms with Crippen LogP contribution >= 0.6 is 11.6 Å². The van der Waals surface area contributed by atoms with Gasteiger partial charge < -0.3 is 26.0 Å². The number of rotatable bonds is 25. The van der Waals surface area contributed by atoms with Crippen molar-refractivity contribution in [2.24, 2.45) is 19.8 Å². The molecule has 0 aliphatic carbocycles. The first kappa shape index (κ1) is 113. The number of nitro groups is 2. The number of likely N-dealkylation sites (N-methyl/N-ethyl adjacent to an activating group) is 3. The van der Waals surface area contributed by atoms with Crippen LogP contribution in [0.2, 0.25) is 5.15 Å². The van der Waals surface area contributed by atoms with Crippen LogP contribution in [-0.2, 0) is 63.3 Å². The number of fused-ring (bicyclic) bond motifs is 2. The predicted molar refractivity (Wildman–Crippen MR) is 540 cm³/mol. The van der Waals surface area contributed by atoms with Crippen molar-refractivity contribution in [3.05, 3.63) is 401 Å². The van der Waals surface area contributed by atoms with Gasteiger partial charge in [0.1, 0.15) is 12.3 Å². The van der Waals surface area contributed by atoms with Crippen LogP contribution < -0.4 is 22.2 Å². The van der Waals surface area contributed by atoms with E-state index in [9.17, 15) is 76.7 Å². The molecular weight excluding hydrogens is 1860 g/mol. The average molecular weight is 1980 g/mol. The van der Waals surface area contributed by atoms with Crippen molar-refractivity contribution < 1.29 is 61.8 Å². The molecule has 0 aliphatic rings. The second-order valence-corrected chi connectivity index (χ2v) is 41.5. The minimum absolute atomic E-state index is 0. The molecule has 14 rings (SSSR count). The number of carbonyl (C=O) groups excluding carboxylic acids is 1. The highest BCUT2D eigenvalue weighted by Crippen LogP contribution is 2.33. The van der Waals surface area contributed by atoms with Gasteiger partial charge >= 0.3 is 0 Å². The van der Waals surface area contributed by atoms with Crippen LogP contribution in [0.1, 0.15) is 106 Å². The number of nitrogens with zero attached hydrogens (tertiary/aromatic N) is 9. The molecule has 0 radical (unpaired) electrons. The molecule has 6 atom stereocenters. The van der Waals surface area contributed by atoms with Gasteiger partial charge in [-0.2, -0.15) is 10.2 Å². The number of hydrogen-bond donors (Lipinski definition) is 3. The fourth-order valence-electron chi connectivity index (χ4n) is 14.2. The number of aldehydes is 1. The molecule has 12 aromatic carbocycles. The van der Waals surface area contributed by atoms with E-state index in [0.717, 1.165) is 23.6 Å². The summed E-state index contributed by atoms with van der Waals surface area (Å²) in [6, 6.07) is 86.6. The van der Waals surface area contributed by atoms with Gasteiger partial charge in [-0.15, -0.1) is 0 Å². The summed E-state index contributed by atoms with van der Waals surface area (Å²) in [7, 11) is -2.04. The number of aryl methyl sites for hydroxylation is 2. The van der Waals surface area contributed by atoms with Crippen molar-refractivity contribution in [2.75, 3.05) is 54.7 Å². The lowest BCUT2D eigenvalue weighted by Crippen LogP contribution is -2.35. The minimum atomic E-state index is -3.59. The van der Waals surface area contributed by atoms with E-state index in [1.807, 2.05) is 95.5 Å². The number of sulfone groups is 5. The summed E-state index contributed by atoms with van der Waals surface area (Å²) < 4.78 is 128. The second-order valence-electron chi connectivity index (χ2n) is 31.4. The first-order valence-corrected chi connectivity index (χ1v) is 50.2. The number of benzene rings is 12. The van der Waals surface area contributed by atoms with Crippen LogP contribution in [-0.4, -0.2) is 165 Å². The van der Waals surface area contributed by atoms with E-state index in [1.54, 1.807) is 252 Å². The van der Waals surface area contributed by atoms with E-state index in [1.165, 1.54) is 89.4 Å². The van der Waals surface area contributed by atoms with Crippen molar-refractivity contribution in [3.8, 4) is 0 Å². The lowest BCUT2D eigenvalue weighted by Gasteiger charge is -2.32. The number of allylic oxidation sites excluding steroid dienone is 1. The van der Waals surface area contributed by atoms with Gasteiger partial charge in [0.15, 0.2) is 11.0 Å². The molecule has 2 aromatic heterocycles. The topological polar surface area (TPSA) is 412 Å². The number of aromatic nitrogens is 4. The molecule has 0 aliphatic heterocycles. The van der Waals surface area contributed by atoms with Crippen LogP contribution in [0, 0.1) is 20.2 Å². The molecule has 2 heterocycles. The summed E-state index contributed by atoms with van der Waals surface area (Å²) in [5.74, 6) is 0.625. The van der Waals surface area contributed by atoms with Crippen LogP contribution in [0.15, 0.2) is 386 Å². The maximum Gasteiger partial charge on any atom is 0.274 e. The summed E-state index contributed by atoms with van der Waals surface area (Å²) in [4.78, 5) is 63.5. The SMILES string of the molecule is C.C/C(=C/c1ccc(S(=O)(=O)c2ccccc2)cc1)[N+](=O)[O-].CCC.CO.C[C@@H]([C@H](c1ccc(S(=O)(=O)c2ccccc2)cc1)N(C)C)[N+](=O)[O-].C[C@H](N)[C@H](c1ccc(S(=O)(=O)c2ccccc2)cc1)N(C)C.C[C@H](Nc1nn(C)c(=O)c2ccccc12)[C@H](c1ccc(S(=O)(=O)c2ccccc2)cc1)N(C)C.Cn1nc(Cl)c2ccccc2c1=O.O=Cc1ccc(S(=O)(=O)c2ccccc2)cc1. The maximum atomic E-state index is 12.9. The van der Waals surface area contributed by atoms with Crippen molar-refractivity contribution in [3.63, 3.8) is 0 Å². The monoisotopic (exact) mass is 1980 g/mol. The number of anilines is 1. The summed E-state index contributed by atoms with van der Waals surface area (Å²) in [6.45, 7) is 11.2. The van der Waals surface area contributed by atoms with E-state index in [-0.39, 0.29) is 92.5 Å². The Morgan fingerprint density at radius 3 is 0.942 bits per heavy atom. The normalized spacial score (nSPS) is 12.7. The maximum absolute atomic E-state index is 12.9. The van der Waals surface area contributed by atoms with Gasteiger partial charge in [-0.25, -0.2) is 51.5 Å². The summed E-state index contributed by atoms with van der Waals surface area (Å²) in [5.41, 5.74) is 9.46. The molecule has 0 amide bonds. The molecule has 137 heavy (non-hydrogen) atoms. The van der Waals surface area contributed by atoms with Gasteiger partial charge in [-0.1, -0.05) is 227 Å². The van der Waals surface area contributed by atoms with Gasteiger partial charge in [0.2, 0.25) is 60.9 Å². The highest BCUT2D eigenvalue weighted by molar-refractivity contribution is 7.92. The van der Waals surface area contributed by atoms with Crippen LogP contribution in [0.25, 0.3) is 27.6 Å². The largest absolute Gasteiger partial charge is 0.400 e. The minimum Gasteiger partial charge on any atom is -0.400 e. The zero-order valence-electron chi connectivity index (χ0n) is 77.8. The molecule has 4 N–H and O–H groups in total. The highest BCUT2D eigenvalue weighted by atomic mass is 35.5. The molecule has 724 valence electrons. The Morgan fingerprint density at radius 1 is 0.409 bits per heavy atom. The van der Waals surface area contributed by atoms with Crippen LogP contribution in [0.4, 0.5) is 5.82 Å². The molecular formula is C102H116ClN11O18S5. The third kappa shape index (κ3) is 29.9. The molecule has 0 saturated carbocycles. The second kappa shape index (κ2) is 52.2. The van der Waals surface area contributed by atoms with Crippen molar-refractivity contribution in [1.82, 2.24) is 34.3 Å². The number of aliphatic hydroxyl groups excluding tert-OH is 1. The Balaban J connectivity index is 0.000000255. The molecule has 0 spiro atoms. The number of nitrogens with two attached hydrogens (primary N) is 1. The first-order chi connectivity index (χ1) is 64.4. The molecule has 14 aromatic rings. The molecule has 0 unspecified atom stereocenters. The zero-order chi connectivity index (χ0) is 101. The molecule has 29 nitrogen and oxygen atoms in total. The third-order valence-corrected chi connectivity index (χ3v) is 29.9. The Morgan fingerprint density at radius 2 is 0.657 bits per heavy atom. The number of halogens is 1. The summed E-state index contributed by atoms with van der Waals surface area (Å²) in [6.07, 6.45) is 3.32. The Labute approximate surface area is 807 Å². The lowest BCUT2D eigenvalue weighted by molar-refractivity contribution is -0.526. The van der Waals surface area contributed by atoms with Crippen LogP contribution in [0.5, 0.6) is 0 Å². The van der Waals surface area contributed by atoms with Crippen molar-refractivity contribution >= 4 is 101 Å². The smallest absolute Gasteiger partial charge is 0.274 e. The van der Waals surface area contributed by atoms with Crippen LogP contribution in [0.3, 0.4) is 0 Å². The van der Waals surface area contributed by atoms with E-state index < -0.39 is 66.2 Å². The standard InChI is InChI=1S/C26H28N4O3S.C17H20N2O4S.C17H22N2O2S.C15H13NO4S.C13H10O3S.C9H7ClN2O.C3H8.CH4O.CH4/c1-18(27-25-22-12-8-9-13-23(22)26(31)30(4)28-25)24(29(2)3)19-14-16-21(17-15-19)34(32,33)20-10-6-5-7-11-20;1-13(19(20)21)17(18(2)3)14-9-11-16(12-10-14)24(22,23)15-7-5-4-6-8-15;1-13(18)17(19(2)3)14-9-11-16(12-10-14)22(20,21)15-7-5-4-6-8-15;1-12(16(17)18)11-13-7-9-15(10-8-13)21(19,20)14-5-3-2-4-6-14;14-10-11-6-8-13(9-7-11)17(15,16)12-4-2-1-3-5-12;1-12-9(13)7-5-3-2-4-6(7)8(10)11-12;1-3-2;1-2;/h5-18,24H,1-4H3,(H,27,28);4-13,17H,1-3H3;4-13,17H,18H2,1-3H3;2-11H,1H3;1-10H;2-5H,1H3;3H2,1-2H3;2H,1H3;1H4/b;;;12-11-;;;;;/t18-,24+;2*13-,17+;;;;;;/m000....../s1. The van der Waals surface area contributed by atoms with Gasteiger partial charge in [-0.3, -0.25) is 39.5 Å². The van der Waals surface area contributed by atoms with Gasteiger partial charge in [-0.05, 0) is 212 Å². The lowest BCUT2D eigenvalue weighted by atomic mass is 9.99. The molecule has 0 bridgehead atoms. The summed E-state index contributed by atoms with van der Waals surface area (Å²) >= 11 is 5.86. The van der Waals surface area contributed by atoms with E-state index >= 15 is 0 Å². The van der Waals surface area contributed by atoms with Crippen molar-refractivity contribution in [1.29, 1.82) is 0 Å².